The zero-order valence-electron chi connectivity index (χ0n) is 8.74. The van der Waals surface area contributed by atoms with Crippen molar-refractivity contribution in [2.75, 3.05) is 6.61 Å². The average molecular weight is 204 g/mol. The molecule has 0 unspecified atom stereocenters. The molecule has 0 aliphatic carbocycles. The van der Waals surface area contributed by atoms with Crippen LogP contribution in [0.5, 0.6) is 0 Å². The molecule has 0 aliphatic heterocycles. The molecule has 2 rings (SSSR count). The summed E-state index contributed by atoms with van der Waals surface area (Å²) in [6.07, 6.45) is 0. The molecule has 0 amide bonds. The number of furan rings is 1. The number of carbonyl (C=O) groups is 1. The Hall–Kier alpha value is -1.77. The van der Waals surface area contributed by atoms with Crippen LogP contribution in [-0.2, 0) is 4.74 Å². The molecule has 0 spiro atoms. The minimum absolute atomic E-state index is 0.293. The van der Waals surface area contributed by atoms with Gasteiger partial charge in [-0.15, -0.1) is 0 Å². The summed E-state index contributed by atoms with van der Waals surface area (Å²) in [5, 5.41) is 0.929. The highest BCUT2D eigenvalue weighted by atomic mass is 16.5. The first-order chi connectivity index (χ1) is 7.20. The number of hydrogen-bond acceptors (Lipinski definition) is 3. The molecule has 0 atom stereocenters. The van der Waals surface area contributed by atoms with Gasteiger partial charge in [-0.2, -0.15) is 0 Å². The number of aryl methyl sites for hydroxylation is 1. The Morgan fingerprint density at radius 1 is 1.40 bits per heavy atom. The fourth-order valence-corrected chi connectivity index (χ4v) is 1.52. The minimum Gasteiger partial charge on any atom is -0.462 e. The molecule has 0 bridgehead atoms. The quantitative estimate of drug-likeness (QED) is 0.706. The highest BCUT2D eigenvalue weighted by Crippen LogP contribution is 2.20. The molecule has 0 fully saturated rings. The molecule has 0 saturated heterocycles. The molecule has 78 valence electrons. The van der Waals surface area contributed by atoms with E-state index in [0.29, 0.717) is 12.2 Å². The van der Waals surface area contributed by atoms with Crippen molar-refractivity contribution in [2.24, 2.45) is 0 Å². The Morgan fingerprint density at radius 2 is 2.20 bits per heavy atom. The van der Waals surface area contributed by atoms with Crippen LogP contribution in [-0.4, -0.2) is 12.6 Å². The zero-order chi connectivity index (χ0) is 10.8. The minimum atomic E-state index is -0.293. The van der Waals surface area contributed by atoms with Crippen molar-refractivity contribution in [3.63, 3.8) is 0 Å². The average Bonchev–Trinajstić information content (AvgIpc) is 2.57. The summed E-state index contributed by atoms with van der Waals surface area (Å²) in [5.41, 5.74) is 1.35. The lowest BCUT2D eigenvalue weighted by molar-refractivity contribution is 0.0526. The summed E-state index contributed by atoms with van der Waals surface area (Å²) < 4.78 is 10.3. The third-order valence-corrected chi connectivity index (χ3v) is 2.15. The largest absolute Gasteiger partial charge is 0.462 e. The second-order valence-electron chi connectivity index (χ2n) is 3.33. The summed E-state index contributed by atoms with van der Waals surface area (Å²) in [6.45, 7) is 4.06. The summed E-state index contributed by atoms with van der Waals surface area (Å²) in [7, 11) is 0. The first-order valence-electron chi connectivity index (χ1n) is 4.88. The number of carbonyl (C=O) groups excluding carboxylic acids is 1. The third-order valence-electron chi connectivity index (χ3n) is 2.15. The maximum atomic E-state index is 11.4. The molecule has 1 aromatic heterocycles. The van der Waals surface area contributed by atoms with E-state index in [2.05, 4.69) is 0 Å². The topological polar surface area (TPSA) is 39.4 Å². The summed E-state index contributed by atoms with van der Waals surface area (Å²) >= 11 is 0. The lowest BCUT2D eigenvalue weighted by Gasteiger charge is -2.00. The summed E-state index contributed by atoms with van der Waals surface area (Å²) in [5.74, 6) is 0.546. The highest BCUT2D eigenvalue weighted by Gasteiger charge is 2.08. The van der Waals surface area contributed by atoms with Gasteiger partial charge >= 0.3 is 5.97 Å². The predicted octanol–water partition coefficient (Wildman–Crippen LogP) is 2.92. The molecular weight excluding hydrogens is 192 g/mol. The van der Waals surface area contributed by atoms with Crippen LogP contribution in [0.1, 0.15) is 23.0 Å². The molecule has 1 aromatic carbocycles. The van der Waals surface area contributed by atoms with E-state index in [1.807, 2.05) is 13.0 Å². The fraction of sp³-hybridized carbons (Fsp3) is 0.250. The van der Waals surface area contributed by atoms with Crippen molar-refractivity contribution >= 4 is 16.9 Å². The molecule has 0 N–H and O–H groups in total. The molecule has 15 heavy (non-hydrogen) atoms. The van der Waals surface area contributed by atoms with Gasteiger partial charge in [0, 0.05) is 5.39 Å². The fourth-order valence-electron chi connectivity index (χ4n) is 1.52. The monoisotopic (exact) mass is 204 g/mol. The molecule has 3 nitrogen and oxygen atoms in total. The van der Waals surface area contributed by atoms with Gasteiger partial charge in [0.25, 0.3) is 0 Å². The van der Waals surface area contributed by atoms with E-state index in [9.17, 15) is 4.79 Å². The maximum absolute atomic E-state index is 11.4. The Kier molecular flexibility index (Phi) is 2.46. The second-order valence-corrected chi connectivity index (χ2v) is 3.33. The second kappa shape index (κ2) is 3.77. The van der Waals surface area contributed by atoms with Crippen LogP contribution in [0.2, 0.25) is 0 Å². The molecular formula is C12H12O3. The van der Waals surface area contributed by atoms with Crippen LogP contribution in [0.25, 0.3) is 11.0 Å². The van der Waals surface area contributed by atoms with Crippen LogP contribution in [0.3, 0.4) is 0 Å². The van der Waals surface area contributed by atoms with Gasteiger partial charge in [-0.3, -0.25) is 0 Å². The van der Waals surface area contributed by atoms with Crippen LogP contribution < -0.4 is 0 Å². The molecule has 0 saturated carbocycles. The van der Waals surface area contributed by atoms with Crippen molar-refractivity contribution in [2.45, 2.75) is 13.8 Å². The zero-order valence-corrected chi connectivity index (χ0v) is 8.74. The summed E-state index contributed by atoms with van der Waals surface area (Å²) in [4.78, 5) is 11.4. The van der Waals surface area contributed by atoms with Gasteiger partial charge in [0.15, 0.2) is 0 Å². The first-order valence-corrected chi connectivity index (χ1v) is 4.88. The van der Waals surface area contributed by atoms with E-state index in [4.69, 9.17) is 9.15 Å². The Morgan fingerprint density at radius 3 is 2.93 bits per heavy atom. The van der Waals surface area contributed by atoms with E-state index in [0.717, 1.165) is 16.7 Å². The maximum Gasteiger partial charge on any atom is 0.338 e. The number of fused-ring (bicyclic) bond motifs is 1. The highest BCUT2D eigenvalue weighted by molar-refractivity contribution is 5.94. The molecule has 2 aromatic rings. The Balaban J connectivity index is 2.41. The van der Waals surface area contributed by atoms with Gasteiger partial charge in [-0.25, -0.2) is 4.79 Å². The SMILES string of the molecule is CCOC(=O)c1ccc2oc(C)cc2c1. The van der Waals surface area contributed by atoms with Gasteiger partial charge in [-0.1, -0.05) is 0 Å². The predicted molar refractivity (Wildman–Crippen MR) is 56.9 cm³/mol. The lowest BCUT2D eigenvalue weighted by Crippen LogP contribution is -2.03. The molecule has 3 heteroatoms. The van der Waals surface area contributed by atoms with Crippen molar-refractivity contribution in [3.8, 4) is 0 Å². The van der Waals surface area contributed by atoms with E-state index >= 15 is 0 Å². The van der Waals surface area contributed by atoms with Crippen molar-refractivity contribution in [1.29, 1.82) is 0 Å². The van der Waals surface area contributed by atoms with Crippen LogP contribution in [0.15, 0.2) is 28.7 Å². The molecule has 1 heterocycles. The number of esters is 1. The van der Waals surface area contributed by atoms with E-state index < -0.39 is 0 Å². The lowest BCUT2D eigenvalue weighted by atomic mass is 10.1. The van der Waals surface area contributed by atoms with Crippen molar-refractivity contribution in [3.05, 3.63) is 35.6 Å². The van der Waals surface area contributed by atoms with Gasteiger partial charge in [-0.05, 0) is 38.1 Å². The van der Waals surface area contributed by atoms with Gasteiger partial charge in [0.1, 0.15) is 11.3 Å². The summed E-state index contributed by atoms with van der Waals surface area (Å²) in [6, 6.07) is 7.18. The number of benzene rings is 1. The van der Waals surface area contributed by atoms with Crippen LogP contribution in [0, 0.1) is 6.92 Å². The van der Waals surface area contributed by atoms with Gasteiger partial charge in [0.2, 0.25) is 0 Å². The number of ether oxygens (including phenoxy) is 1. The van der Waals surface area contributed by atoms with E-state index in [-0.39, 0.29) is 5.97 Å². The van der Waals surface area contributed by atoms with Gasteiger partial charge < -0.3 is 9.15 Å². The van der Waals surface area contributed by atoms with Crippen LogP contribution in [0.4, 0.5) is 0 Å². The van der Waals surface area contributed by atoms with Gasteiger partial charge in [0.05, 0.1) is 12.2 Å². The van der Waals surface area contributed by atoms with Crippen molar-refractivity contribution < 1.29 is 13.9 Å². The van der Waals surface area contributed by atoms with Crippen LogP contribution >= 0.6 is 0 Å². The Labute approximate surface area is 87.6 Å². The molecule has 0 aliphatic rings. The normalized spacial score (nSPS) is 10.5. The number of hydrogen-bond donors (Lipinski definition) is 0. The first kappa shape index (κ1) is 9.77. The Bertz CT molecular complexity index is 497. The molecule has 0 radical (unpaired) electrons. The standard InChI is InChI=1S/C12H12O3/c1-3-14-12(13)9-4-5-11-10(7-9)6-8(2)15-11/h4-7H,3H2,1-2H3. The van der Waals surface area contributed by atoms with E-state index in [1.54, 1.807) is 25.1 Å². The smallest absolute Gasteiger partial charge is 0.338 e. The van der Waals surface area contributed by atoms with E-state index in [1.165, 1.54) is 0 Å². The third kappa shape index (κ3) is 1.86. The van der Waals surface area contributed by atoms with Crippen molar-refractivity contribution in [1.82, 2.24) is 0 Å². The number of rotatable bonds is 2.